The summed E-state index contributed by atoms with van der Waals surface area (Å²) in [4.78, 5) is 44.6. The summed E-state index contributed by atoms with van der Waals surface area (Å²) in [6, 6.07) is 14.3. The number of Topliss-reactive ketones (excluding diaryl/α,β-unsaturated/α-hetero) is 1. The number of amides is 1. The SMILES string of the molecule is Cc1c(C(=O)Nc2ccccc2C(F)(F)F)sc2nc(SCC(=O)C(C)(C)C)n(CCc3ccccc3)c(=O)c12. The fraction of sp³-hybridized carbons (Fsp3) is 0.310. The second-order valence-electron chi connectivity index (χ2n) is 10.3. The average Bonchev–Trinajstić information content (AvgIpc) is 3.22. The number of nitrogens with one attached hydrogen (secondary N) is 1. The Balaban J connectivity index is 1.74. The number of aryl methyl sites for hydroxylation is 2. The van der Waals surface area contributed by atoms with Crippen LogP contribution in [0.5, 0.6) is 0 Å². The Kier molecular flexibility index (Phi) is 8.55. The van der Waals surface area contributed by atoms with Crippen molar-refractivity contribution in [3.63, 3.8) is 0 Å². The van der Waals surface area contributed by atoms with Crippen LogP contribution in [0.3, 0.4) is 0 Å². The Morgan fingerprint density at radius 1 is 1.02 bits per heavy atom. The Morgan fingerprint density at radius 3 is 2.33 bits per heavy atom. The summed E-state index contributed by atoms with van der Waals surface area (Å²) in [5.74, 6) is -0.657. The highest BCUT2D eigenvalue weighted by molar-refractivity contribution is 7.99. The quantitative estimate of drug-likeness (QED) is 0.178. The molecule has 0 aliphatic rings. The zero-order valence-electron chi connectivity index (χ0n) is 22.4. The van der Waals surface area contributed by atoms with Crippen LogP contribution in [-0.2, 0) is 23.9 Å². The summed E-state index contributed by atoms with van der Waals surface area (Å²) < 4.78 is 41.9. The van der Waals surface area contributed by atoms with E-state index in [0.29, 0.717) is 28.5 Å². The molecule has 0 unspecified atom stereocenters. The lowest BCUT2D eigenvalue weighted by atomic mass is 9.92. The number of nitrogens with zero attached hydrogens (tertiary/aromatic N) is 2. The predicted molar refractivity (Wildman–Crippen MR) is 153 cm³/mol. The standard InChI is InChI=1S/C29H28F3N3O3S2/c1-17-22-25(40-23(17)24(37)33-20-13-9-8-12-19(20)29(30,31)32)34-27(39-16-21(36)28(2,3)4)35(26(22)38)15-14-18-10-6-5-7-11-18/h5-13H,14-16H2,1-4H3,(H,33,37). The fourth-order valence-electron chi connectivity index (χ4n) is 3.97. The molecule has 40 heavy (non-hydrogen) atoms. The van der Waals surface area contributed by atoms with Crippen molar-refractivity contribution in [3.8, 4) is 0 Å². The molecule has 0 aliphatic heterocycles. The third-order valence-corrected chi connectivity index (χ3v) is 8.50. The number of hydrogen-bond donors (Lipinski definition) is 1. The summed E-state index contributed by atoms with van der Waals surface area (Å²) in [5, 5.41) is 2.94. The fourth-order valence-corrected chi connectivity index (χ4v) is 6.28. The second kappa shape index (κ2) is 11.6. The van der Waals surface area contributed by atoms with Gasteiger partial charge < -0.3 is 5.32 Å². The van der Waals surface area contributed by atoms with E-state index in [-0.39, 0.29) is 33.0 Å². The number of alkyl halides is 3. The number of aromatic nitrogens is 2. The van der Waals surface area contributed by atoms with E-state index in [1.165, 1.54) is 22.8 Å². The first-order valence-corrected chi connectivity index (χ1v) is 14.3. The molecule has 0 radical (unpaired) electrons. The highest BCUT2D eigenvalue weighted by atomic mass is 32.2. The highest BCUT2D eigenvalue weighted by Gasteiger charge is 2.34. The number of carbonyl (C=O) groups is 2. The van der Waals surface area contributed by atoms with E-state index in [0.717, 1.165) is 34.7 Å². The maximum atomic E-state index is 13.8. The largest absolute Gasteiger partial charge is 0.418 e. The molecular weight excluding hydrogens is 559 g/mol. The van der Waals surface area contributed by atoms with E-state index in [4.69, 9.17) is 0 Å². The number of para-hydroxylation sites is 1. The Morgan fingerprint density at radius 2 is 1.68 bits per heavy atom. The minimum atomic E-state index is -4.65. The Bertz CT molecular complexity index is 1620. The predicted octanol–water partition coefficient (Wildman–Crippen LogP) is 6.99. The number of ketones is 1. The first-order chi connectivity index (χ1) is 18.8. The minimum absolute atomic E-state index is 0.00721. The van der Waals surface area contributed by atoms with Crippen molar-refractivity contribution in [2.45, 2.75) is 52.0 Å². The monoisotopic (exact) mass is 587 g/mol. The number of fused-ring (bicyclic) bond motifs is 1. The van der Waals surface area contributed by atoms with Gasteiger partial charge in [-0.1, -0.05) is 75.0 Å². The molecule has 0 bridgehead atoms. The van der Waals surface area contributed by atoms with E-state index < -0.39 is 23.1 Å². The van der Waals surface area contributed by atoms with Crippen LogP contribution in [0.1, 0.15) is 47.1 Å². The van der Waals surface area contributed by atoms with Gasteiger partial charge in [-0.15, -0.1) is 11.3 Å². The number of thiophene rings is 1. The van der Waals surface area contributed by atoms with E-state index in [1.54, 1.807) is 6.92 Å². The van der Waals surface area contributed by atoms with E-state index in [2.05, 4.69) is 10.3 Å². The maximum Gasteiger partial charge on any atom is 0.418 e. The van der Waals surface area contributed by atoms with Gasteiger partial charge in [0.05, 0.1) is 27.3 Å². The lowest BCUT2D eigenvalue weighted by Crippen LogP contribution is -2.26. The number of benzene rings is 2. The molecule has 1 N–H and O–H groups in total. The molecule has 0 saturated heterocycles. The van der Waals surface area contributed by atoms with Gasteiger partial charge in [-0.2, -0.15) is 13.2 Å². The first-order valence-electron chi connectivity index (χ1n) is 12.5. The molecule has 4 aromatic rings. The average molecular weight is 588 g/mol. The number of hydrogen-bond acceptors (Lipinski definition) is 6. The van der Waals surface area contributed by atoms with Gasteiger partial charge in [0, 0.05) is 12.0 Å². The van der Waals surface area contributed by atoms with Crippen molar-refractivity contribution in [1.29, 1.82) is 0 Å². The molecule has 6 nitrogen and oxygen atoms in total. The molecule has 210 valence electrons. The van der Waals surface area contributed by atoms with Crippen LogP contribution in [-0.4, -0.2) is 27.0 Å². The third-order valence-electron chi connectivity index (χ3n) is 6.34. The van der Waals surface area contributed by atoms with Gasteiger partial charge >= 0.3 is 6.18 Å². The molecule has 0 aliphatic carbocycles. The molecule has 2 aromatic carbocycles. The number of carbonyl (C=O) groups excluding carboxylic acids is 2. The van der Waals surface area contributed by atoms with Crippen LogP contribution in [0, 0.1) is 12.3 Å². The van der Waals surface area contributed by atoms with Gasteiger partial charge in [0.1, 0.15) is 10.6 Å². The van der Waals surface area contributed by atoms with Crippen LogP contribution in [0.2, 0.25) is 0 Å². The molecule has 2 heterocycles. The van der Waals surface area contributed by atoms with Gasteiger partial charge in [-0.05, 0) is 36.6 Å². The maximum absolute atomic E-state index is 13.8. The lowest BCUT2D eigenvalue weighted by Gasteiger charge is -2.17. The van der Waals surface area contributed by atoms with Crippen LogP contribution in [0.4, 0.5) is 18.9 Å². The highest BCUT2D eigenvalue weighted by Crippen LogP contribution is 2.36. The normalized spacial score (nSPS) is 12.1. The molecule has 0 saturated carbocycles. The Labute approximate surface area is 237 Å². The molecule has 2 aromatic heterocycles. The summed E-state index contributed by atoms with van der Waals surface area (Å²) in [5.41, 5.74) is -0.913. The van der Waals surface area contributed by atoms with Gasteiger partial charge in [0.2, 0.25) is 0 Å². The van der Waals surface area contributed by atoms with Crippen LogP contribution in [0.15, 0.2) is 64.5 Å². The third kappa shape index (κ3) is 6.47. The summed E-state index contributed by atoms with van der Waals surface area (Å²) in [7, 11) is 0. The molecule has 1 amide bonds. The van der Waals surface area contributed by atoms with Crippen molar-refractivity contribution in [1.82, 2.24) is 9.55 Å². The van der Waals surface area contributed by atoms with E-state index >= 15 is 0 Å². The molecule has 4 rings (SSSR count). The van der Waals surface area contributed by atoms with Crippen molar-refractivity contribution < 1.29 is 22.8 Å². The van der Waals surface area contributed by atoms with Gasteiger partial charge in [-0.3, -0.25) is 19.0 Å². The molecule has 0 spiro atoms. The van der Waals surface area contributed by atoms with Crippen molar-refractivity contribution in [2.24, 2.45) is 5.41 Å². The van der Waals surface area contributed by atoms with Crippen molar-refractivity contribution >= 4 is 50.7 Å². The zero-order chi connectivity index (χ0) is 29.2. The smallest absolute Gasteiger partial charge is 0.321 e. The summed E-state index contributed by atoms with van der Waals surface area (Å²) >= 11 is 2.10. The number of halogens is 3. The molecule has 11 heteroatoms. The van der Waals surface area contributed by atoms with Crippen molar-refractivity contribution in [2.75, 3.05) is 11.1 Å². The van der Waals surface area contributed by atoms with Gasteiger partial charge in [0.15, 0.2) is 5.16 Å². The Hall–Kier alpha value is -3.44. The van der Waals surface area contributed by atoms with Crippen LogP contribution in [0.25, 0.3) is 10.2 Å². The molecular formula is C29H28F3N3O3S2. The number of rotatable bonds is 8. The second-order valence-corrected chi connectivity index (χ2v) is 12.2. The van der Waals surface area contributed by atoms with Gasteiger partial charge in [-0.25, -0.2) is 4.98 Å². The first kappa shape index (κ1) is 29.5. The van der Waals surface area contributed by atoms with Gasteiger partial charge in [0.25, 0.3) is 11.5 Å². The van der Waals surface area contributed by atoms with E-state index in [9.17, 15) is 27.6 Å². The number of anilines is 1. The number of thioether (sulfide) groups is 1. The molecule has 0 fully saturated rings. The minimum Gasteiger partial charge on any atom is -0.321 e. The van der Waals surface area contributed by atoms with E-state index in [1.807, 2.05) is 51.1 Å². The van der Waals surface area contributed by atoms with Crippen molar-refractivity contribution in [3.05, 3.63) is 86.5 Å². The summed E-state index contributed by atoms with van der Waals surface area (Å²) in [6.45, 7) is 7.34. The lowest BCUT2D eigenvalue weighted by molar-refractivity contribution is -0.137. The summed E-state index contributed by atoms with van der Waals surface area (Å²) in [6.07, 6.45) is -4.11. The van der Waals surface area contributed by atoms with Crippen LogP contribution < -0.4 is 10.9 Å². The topological polar surface area (TPSA) is 81.1 Å². The zero-order valence-corrected chi connectivity index (χ0v) is 24.0. The molecule has 0 atom stereocenters. The van der Waals surface area contributed by atoms with Crippen LogP contribution >= 0.6 is 23.1 Å².